The number of hydrogen-bond acceptors (Lipinski definition) is 5. The molecule has 11 heteroatoms. The summed E-state index contributed by atoms with van der Waals surface area (Å²) in [6.45, 7) is -0.00484. The number of aliphatic hydroxyl groups excluding tert-OH is 1. The maximum absolute atomic E-state index is 13.8. The summed E-state index contributed by atoms with van der Waals surface area (Å²) < 4.78 is 73.1. The number of amides is 1. The monoisotopic (exact) mass is 520 g/mol. The lowest BCUT2D eigenvalue weighted by atomic mass is 9.86. The van der Waals surface area contributed by atoms with Gasteiger partial charge in [0.15, 0.2) is 15.4 Å². The van der Waals surface area contributed by atoms with E-state index in [2.05, 4.69) is 0 Å². The topological polar surface area (TPSA) is 88.8 Å². The van der Waals surface area contributed by atoms with Gasteiger partial charge in [-0.15, -0.1) is 0 Å². The van der Waals surface area contributed by atoms with E-state index in [1.165, 1.54) is 34.9 Å². The normalized spacial score (nSPS) is 16.8. The minimum Gasteiger partial charge on any atom is -0.479 e. The standard InChI is InChI=1S/C25H23F3N2O5S/c26-25(27,28)22-10-9-21-24(35-20-4-2-1-3-19(20)30(21)22)11-13-29(14-12-24)23(32)17-5-7-18(8-6-17)36(33,34)16-15-31/h1-10,31H,11-16H2. The van der Waals surface area contributed by atoms with Crippen LogP contribution in [0.15, 0.2) is 65.6 Å². The van der Waals surface area contributed by atoms with Crippen LogP contribution in [0.2, 0.25) is 0 Å². The van der Waals surface area contributed by atoms with E-state index >= 15 is 0 Å². The number of carbonyl (C=O) groups is 1. The van der Waals surface area contributed by atoms with Gasteiger partial charge < -0.3 is 19.3 Å². The number of likely N-dealkylation sites (tertiary alicyclic amines) is 1. The van der Waals surface area contributed by atoms with Gasteiger partial charge in [-0.1, -0.05) is 12.1 Å². The number of nitrogens with zero attached hydrogens (tertiary/aromatic N) is 2. The molecule has 1 N–H and O–H groups in total. The minimum atomic E-state index is -4.54. The molecule has 1 spiro atoms. The van der Waals surface area contributed by atoms with E-state index in [9.17, 15) is 26.4 Å². The van der Waals surface area contributed by atoms with Crippen molar-refractivity contribution in [3.63, 3.8) is 0 Å². The fourth-order valence-corrected chi connectivity index (χ4v) is 5.95. The second-order valence-electron chi connectivity index (χ2n) is 8.86. The molecule has 0 saturated carbocycles. The number of sulfone groups is 1. The number of piperidine rings is 1. The SMILES string of the molecule is O=C(c1ccc(S(=O)(=O)CCO)cc1)N1CCC2(CC1)Oc1ccccc1-n1c(C(F)(F)F)ccc12. The molecule has 1 saturated heterocycles. The highest BCUT2D eigenvalue weighted by Crippen LogP contribution is 2.48. The molecule has 3 aromatic rings. The van der Waals surface area contributed by atoms with Gasteiger partial charge in [-0.3, -0.25) is 4.79 Å². The van der Waals surface area contributed by atoms with Gasteiger partial charge in [0.25, 0.3) is 5.91 Å². The summed E-state index contributed by atoms with van der Waals surface area (Å²) in [5.41, 5.74) is -0.769. The Morgan fingerprint density at radius 3 is 2.31 bits per heavy atom. The molecule has 2 aromatic carbocycles. The molecule has 2 aliphatic heterocycles. The number of hydrogen-bond donors (Lipinski definition) is 1. The van der Waals surface area contributed by atoms with Crippen LogP contribution in [0.1, 0.15) is 34.6 Å². The van der Waals surface area contributed by atoms with Crippen molar-refractivity contribution in [3.8, 4) is 11.4 Å². The molecule has 0 unspecified atom stereocenters. The second-order valence-corrected chi connectivity index (χ2v) is 11.0. The van der Waals surface area contributed by atoms with Crippen molar-refractivity contribution in [2.75, 3.05) is 25.4 Å². The molecule has 0 aliphatic carbocycles. The Bertz CT molecular complexity index is 1410. The molecule has 0 bridgehead atoms. The lowest BCUT2D eigenvalue weighted by Gasteiger charge is -2.45. The highest BCUT2D eigenvalue weighted by molar-refractivity contribution is 7.91. The summed E-state index contributed by atoms with van der Waals surface area (Å²) >= 11 is 0. The Morgan fingerprint density at radius 2 is 1.67 bits per heavy atom. The third-order valence-corrected chi connectivity index (χ3v) is 8.44. The summed E-state index contributed by atoms with van der Waals surface area (Å²) in [7, 11) is -3.63. The van der Waals surface area contributed by atoms with Crippen molar-refractivity contribution in [3.05, 3.63) is 77.6 Å². The van der Waals surface area contributed by atoms with Crippen LogP contribution in [-0.4, -0.2) is 54.3 Å². The van der Waals surface area contributed by atoms with Gasteiger partial charge in [0.05, 0.1) is 28.6 Å². The molecule has 0 atom stereocenters. The molecule has 36 heavy (non-hydrogen) atoms. The predicted molar refractivity (Wildman–Crippen MR) is 124 cm³/mol. The maximum Gasteiger partial charge on any atom is 0.431 e. The molecule has 7 nitrogen and oxygen atoms in total. The van der Waals surface area contributed by atoms with Crippen molar-refractivity contribution in [1.29, 1.82) is 0 Å². The smallest absolute Gasteiger partial charge is 0.431 e. The third kappa shape index (κ3) is 4.05. The van der Waals surface area contributed by atoms with E-state index in [0.717, 1.165) is 6.07 Å². The van der Waals surface area contributed by atoms with Crippen molar-refractivity contribution in [1.82, 2.24) is 9.47 Å². The second kappa shape index (κ2) is 8.67. The van der Waals surface area contributed by atoms with Gasteiger partial charge in [0.1, 0.15) is 11.4 Å². The highest BCUT2D eigenvalue weighted by Gasteiger charge is 2.48. The van der Waals surface area contributed by atoms with Gasteiger partial charge >= 0.3 is 6.18 Å². The van der Waals surface area contributed by atoms with Crippen LogP contribution >= 0.6 is 0 Å². The predicted octanol–water partition coefficient (Wildman–Crippen LogP) is 3.79. The molecule has 190 valence electrons. The van der Waals surface area contributed by atoms with Crippen LogP contribution in [0.5, 0.6) is 5.75 Å². The first-order chi connectivity index (χ1) is 17.1. The van der Waals surface area contributed by atoms with Gasteiger partial charge in [-0.05, 0) is 48.5 Å². The van der Waals surface area contributed by atoms with Crippen LogP contribution in [0.4, 0.5) is 13.2 Å². The van der Waals surface area contributed by atoms with E-state index < -0.39 is 39.7 Å². The number of alkyl halides is 3. The van der Waals surface area contributed by atoms with Gasteiger partial charge in [0.2, 0.25) is 0 Å². The maximum atomic E-state index is 13.8. The number of para-hydroxylation sites is 2. The Morgan fingerprint density at radius 1 is 1.00 bits per heavy atom. The first-order valence-electron chi connectivity index (χ1n) is 11.4. The number of halogens is 3. The molecule has 5 rings (SSSR count). The largest absolute Gasteiger partial charge is 0.479 e. The van der Waals surface area contributed by atoms with Crippen LogP contribution in [0, 0.1) is 0 Å². The number of ether oxygens (including phenoxy) is 1. The molecule has 1 aromatic heterocycles. The molecule has 1 fully saturated rings. The lowest BCUT2D eigenvalue weighted by molar-refractivity contribution is -0.143. The van der Waals surface area contributed by atoms with Crippen molar-refractivity contribution in [2.45, 2.75) is 29.5 Å². The number of benzene rings is 2. The highest BCUT2D eigenvalue weighted by atomic mass is 32.2. The van der Waals surface area contributed by atoms with Crippen LogP contribution < -0.4 is 4.74 Å². The Kier molecular flexibility index (Phi) is 5.87. The van der Waals surface area contributed by atoms with Crippen molar-refractivity contribution >= 4 is 15.7 Å². The molecular weight excluding hydrogens is 497 g/mol. The quantitative estimate of drug-likeness (QED) is 0.566. The van der Waals surface area contributed by atoms with E-state index in [1.807, 2.05) is 0 Å². The first kappa shape index (κ1) is 24.4. The molecule has 2 aliphatic rings. The third-order valence-electron chi connectivity index (χ3n) is 6.73. The Labute approximate surface area is 205 Å². The van der Waals surface area contributed by atoms with Crippen molar-refractivity contribution in [2.24, 2.45) is 0 Å². The van der Waals surface area contributed by atoms with Gasteiger partial charge in [-0.2, -0.15) is 13.2 Å². The van der Waals surface area contributed by atoms with Crippen LogP contribution in [0.25, 0.3) is 5.69 Å². The Balaban J connectivity index is 1.39. The van der Waals surface area contributed by atoms with Crippen molar-refractivity contribution < 1.29 is 36.2 Å². The number of rotatable bonds is 4. The zero-order chi connectivity index (χ0) is 25.7. The summed E-state index contributed by atoms with van der Waals surface area (Å²) in [6.07, 6.45) is -3.97. The molecule has 1 amide bonds. The molecule has 3 heterocycles. The van der Waals surface area contributed by atoms with E-state index in [1.54, 1.807) is 29.2 Å². The average Bonchev–Trinajstić information content (AvgIpc) is 3.32. The zero-order valence-corrected chi connectivity index (χ0v) is 19.8. The lowest BCUT2D eigenvalue weighted by Crippen LogP contribution is -2.50. The molecule has 0 radical (unpaired) electrons. The minimum absolute atomic E-state index is 0.0150. The number of carbonyl (C=O) groups excluding carboxylic acids is 1. The molecular formula is C25H23F3N2O5S. The van der Waals surface area contributed by atoms with E-state index in [-0.39, 0.29) is 36.7 Å². The van der Waals surface area contributed by atoms with Crippen LogP contribution in [0.3, 0.4) is 0 Å². The Hall–Kier alpha value is -3.31. The number of aromatic nitrogens is 1. The summed E-state index contributed by atoms with van der Waals surface area (Å²) in [5.74, 6) is -0.361. The zero-order valence-electron chi connectivity index (χ0n) is 19.0. The van der Waals surface area contributed by atoms with Gasteiger partial charge in [0, 0.05) is 31.5 Å². The number of fused-ring (bicyclic) bond motifs is 4. The fraction of sp³-hybridized carbons (Fsp3) is 0.320. The first-order valence-corrected chi connectivity index (χ1v) is 13.0. The summed E-state index contributed by atoms with van der Waals surface area (Å²) in [4.78, 5) is 14.7. The number of aliphatic hydroxyl groups is 1. The summed E-state index contributed by atoms with van der Waals surface area (Å²) in [5, 5.41) is 8.93. The van der Waals surface area contributed by atoms with E-state index in [4.69, 9.17) is 9.84 Å². The van der Waals surface area contributed by atoms with Gasteiger partial charge in [-0.25, -0.2) is 8.42 Å². The average molecular weight is 521 g/mol. The van der Waals surface area contributed by atoms with E-state index in [0.29, 0.717) is 22.7 Å². The van der Waals surface area contributed by atoms with Crippen LogP contribution in [-0.2, 0) is 21.6 Å². The summed E-state index contributed by atoms with van der Waals surface area (Å²) in [6, 6.07) is 14.6. The fourth-order valence-electron chi connectivity index (χ4n) is 4.92.